The second kappa shape index (κ2) is 12.0. The molecule has 1 heterocycles. The molecule has 4 aromatic carbocycles. The Labute approximate surface area is 228 Å². The molecule has 196 valence electrons. The number of methoxy groups -OCH3 is 2. The first-order valence-electron chi connectivity index (χ1n) is 12.6. The molecule has 0 aliphatic carbocycles. The molecule has 0 spiro atoms. The lowest BCUT2D eigenvalue weighted by molar-refractivity contribution is 0.276. The van der Waals surface area contributed by atoms with E-state index >= 15 is 0 Å². The van der Waals surface area contributed by atoms with Crippen LogP contribution in [-0.2, 0) is 17.8 Å². The molecule has 1 N–H and O–H groups in total. The van der Waals surface area contributed by atoms with Crippen LogP contribution in [0.5, 0.6) is 17.2 Å². The first-order chi connectivity index (χ1) is 19.2. The van der Waals surface area contributed by atoms with Gasteiger partial charge in [-0.2, -0.15) is 0 Å². The summed E-state index contributed by atoms with van der Waals surface area (Å²) in [5, 5.41) is 13.5. The van der Waals surface area contributed by atoms with Gasteiger partial charge in [0.2, 0.25) is 0 Å². The Morgan fingerprint density at radius 1 is 0.769 bits per heavy atom. The van der Waals surface area contributed by atoms with Crippen LogP contribution < -0.4 is 14.2 Å². The maximum atomic E-state index is 9.94. The van der Waals surface area contributed by atoms with E-state index in [9.17, 15) is 5.21 Å². The number of oxime groups is 1. The fourth-order valence-corrected chi connectivity index (χ4v) is 4.35. The smallest absolute Gasteiger partial charge is 0.187 e. The number of rotatable bonds is 9. The molecule has 1 saturated heterocycles. The molecule has 0 unspecified atom stereocenters. The molecule has 4 aromatic rings. The van der Waals surface area contributed by atoms with Gasteiger partial charge in [0.25, 0.3) is 0 Å². The van der Waals surface area contributed by atoms with Crippen LogP contribution in [0.15, 0.2) is 120 Å². The summed E-state index contributed by atoms with van der Waals surface area (Å²) in [6.07, 6.45) is 2.37. The van der Waals surface area contributed by atoms with Gasteiger partial charge in [0.15, 0.2) is 17.2 Å². The molecule has 0 atom stereocenters. The minimum Gasteiger partial charge on any atom is -0.497 e. The first kappa shape index (κ1) is 25.7. The van der Waals surface area contributed by atoms with E-state index in [1.807, 2.05) is 109 Å². The molecule has 0 radical (unpaired) electrons. The fraction of sp³-hybridized carbons (Fsp3) is 0.121. The van der Waals surface area contributed by atoms with Crippen LogP contribution in [0.2, 0.25) is 0 Å². The molecule has 0 aromatic heterocycles. The van der Waals surface area contributed by atoms with Crippen LogP contribution in [-0.4, -0.2) is 25.1 Å². The first-order valence-corrected chi connectivity index (χ1v) is 12.6. The Morgan fingerprint density at radius 3 is 2.18 bits per heavy atom. The van der Waals surface area contributed by atoms with Crippen molar-refractivity contribution in [2.45, 2.75) is 13.0 Å². The maximum absolute atomic E-state index is 9.94. The van der Waals surface area contributed by atoms with Crippen LogP contribution in [0.1, 0.15) is 22.3 Å². The summed E-state index contributed by atoms with van der Waals surface area (Å²) in [5.41, 5.74) is 5.21. The van der Waals surface area contributed by atoms with Crippen LogP contribution in [0, 0.1) is 0 Å². The number of hydrogen-bond donors (Lipinski definition) is 1. The monoisotopic (exact) mass is 519 g/mol. The van der Waals surface area contributed by atoms with Crippen molar-refractivity contribution >= 4 is 17.4 Å². The van der Waals surface area contributed by atoms with Crippen molar-refractivity contribution in [2.24, 2.45) is 5.16 Å². The van der Waals surface area contributed by atoms with Gasteiger partial charge < -0.3 is 24.2 Å². The van der Waals surface area contributed by atoms with E-state index in [0.29, 0.717) is 30.3 Å². The third-order valence-electron chi connectivity index (χ3n) is 6.39. The van der Waals surface area contributed by atoms with E-state index in [0.717, 1.165) is 45.1 Å². The molecular weight excluding hydrogens is 490 g/mol. The topological polar surface area (TPSA) is 69.5 Å². The van der Waals surface area contributed by atoms with E-state index < -0.39 is 0 Å². The van der Waals surface area contributed by atoms with E-state index in [4.69, 9.17) is 18.9 Å². The number of ether oxygens (including phenoxy) is 4. The van der Waals surface area contributed by atoms with Crippen molar-refractivity contribution in [2.75, 3.05) is 14.2 Å². The zero-order valence-electron chi connectivity index (χ0n) is 21.8. The SMILES string of the molecule is COc1cccc(\C=C2/OC(=C(\Cc3cccc(OC)c3)c3ccc(OCc4ccccc4)cc3)/C2=N/O)c1. The highest BCUT2D eigenvalue weighted by Gasteiger charge is 2.33. The summed E-state index contributed by atoms with van der Waals surface area (Å²) in [5.74, 6) is 3.26. The number of hydrogen-bond acceptors (Lipinski definition) is 6. The molecule has 1 aliphatic heterocycles. The predicted molar refractivity (Wildman–Crippen MR) is 152 cm³/mol. The van der Waals surface area contributed by atoms with E-state index in [1.54, 1.807) is 14.2 Å². The van der Waals surface area contributed by atoms with Gasteiger partial charge in [-0.1, -0.05) is 71.9 Å². The van der Waals surface area contributed by atoms with Gasteiger partial charge in [-0.05, 0) is 64.7 Å². The second-order valence-corrected chi connectivity index (χ2v) is 8.97. The molecule has 0 bridgehead atoms. The number of benzene rings is 4. The molecular formula is C33H29NO5. The van der Waals surface area contributed by atoms with Gasteiger partial charge in [0, 0.05) is 12.0 Å². The highest BCUT2D eigenvalue weighted by Crippen LogP contribution is 2.37. The Kier molecular flexibility index (Phi) is 7.93. The van der Waals surface area contributed by atoms with Crippen molar-refractivity contribution in [3.63, 3.8) is 0 Å². The van der Waals surface area contributed by atoms with Gasteiger partial charge in [0.05, 0.1) is 14.2 Å². The largest absolute Gasteiger partial charge is 0.497 e. The summed E-state index contributed by atoms with van der Waals surface area (Å²) >= 11 is 0. The fourth-order valence-electron chi connectivity index (χ4n) is 4.35. The van der Waals surface area contributed by atoms with Gasteiger partial charge in [-0.15, -0.1) is 0 Å². The normalized spacial score (nSPS) is 15.8. The van der Waals surface area contributed by atoms with E-state index in [-0.39, 0.29) is 0 Å². The van der Waals surface area contributed by atoms with Crippen molar-refractivity contribution in [3.05, 3.63) is 137 Å². The second-order valence-electron chi connectivity index (χ2n) is 8.97. The Bertz CT molecular complexity index is 1520. The Balaban J connectivity index is 1.45. The van der Waals surface area contributed by atoms with Gasteiger partial charge in [-0.3, -0.25) is 0 Å². The highest BCUT2D eigenvalue weighted by atomic mass is 16.5. The van der Waals surface area contributed by atoms with Crippen molar-refractivity contribution in [3.8, 4) is 17.2 Å². The van der Waals surface area contributed by atoms with Crippen molar-refractivity contribution in [1.82, 2.24) is 0 Å². The predicted octanol–water partition coefficient (Wildman–Crippen LogP) is 7.14. The van der Waals surface area contributed by atoms with E-state index in [1.165, 1.54) is 0 Å². The standard InChI is InChI=1S/C33H29NO5/c1-36-28-12-6-10-24(18-28)20-30(26-14-16-27(17-15-26)38-22-23-8-4-3-5-9-23)33-32(34-35)31(39-33)21-25-11-7-13-29(19-25)37-2/h3-19,21,35H,20,22H2,1-2H3/b31-21-,33-30+,34-32+. The van der Waals surface area contributed by atoms with Crippen molar-refractivity contribution in [1.29, 1.82) is 0 Å². The maximum Gasteiger partial charge on any atom is 0.187 e. The zero-order chi connectivity index (χ0) is 27.0. The van der Waals surface area contributed by atoms with Gasteiger partial charge >= 0.3 is 0 Å². The summed E-state index contributed by atoms with van der Waals surface area (Å²) in [7, 11) is 3.27. The minimum atomic E-state index is 0.389. The summed E-state index contributed by atoms with van der Waals surface area (Å²) in [4.78, 5) is 0. The molecule has 1 aliphatic rings. The lowest BCUT2D eigenvalue weighted by Crippen LogP contribution is -2.25. The van der Waals surface area contributed by atoms with Crippen LogP contribution in [0.25, 0.3) is 11.6 Å². The zero-order valence-corrected chi connectivity index (χ0v) is 21.8. The molecule has 0 amide bonds. The Hall–Kier alpha value is -4.97. The molecule has 1 fully saturated rings. The summed E-state index contributed by atoms with van der Waals surface area (Å²) < 4.78 is 22.9. The lowest BCUT2D eigenvalue weighted by Gasteiger charge is -2.27. The lowest BCUT2D eigenvalue weighted by atomic mass is 9.92. The molecule has 5 rings (SSSR count). The average molecular weight is 520 g/mol. The molecule has 0 saturated carbocycles. The Morgan fingerprint density at radius 2 is 1.46 bits per heavy atom. The molecule has 39 heavy (non-hydrogen) atoms. The third kappa shape index (κ3) is 6.13. The quantitative estimate of drug-likeness (QED) is 0.188. The number of nitrogens with zero attached hydrogens (tertiary/aromatic N) is 1. The van der Waals surface area contributed by atoms with Crippen LogP contribution in [0.3, 0.4) is 0 Å². The summed E-state index contributed by atoms with van der Waals surface area (Å²) in [6.45, 7) is 0.487. The van der Waals surface area contributed by atoms with Gasteiger partial charge in [-0.25, -0.2) is 0 Å². The average Bonchev–Trinajstić information content (AvgIpc) is 2.98. The van der Waals surface area contributed by atoms with Crippen LogP contribution in [0.4, 0.5) is 0 Å². The molecule has 6 heteroatoms. The van der Waals surface area contributed by atoms with Crippen molar-refractivity contribution < 1.29 is 24.2 Å². The van der Waals surface area contributed by atoms with E-state index in [2.05, 4.69) is 5.16 Å². The molecule has 6 nitrogen and oxygen atoms in total. The number of allylic oxidation sites excluding steroid dienone is 1. The van der Waals surface area contributed by atoms with Gasteiger partial charge in [0.1, 0.15) is 23.9 Å². The highest BCUT2D eigenvalue weighted by molar-refractivity contribution is 6.20. The minimum absolute atomic E-state index is 0.389. The third-order valence-corrected chi connectivity index (χ3v) is 6.39. The van der Waals surface area contributed by atoms with Crippen LogP contribution >= 0.6 is 0 Å². The summed E-state index contributed by atoms with van der Waals surface area (Å²) in [6, 6.07) is 33.4.